The summed E-state index contributed by atoms with van der Waals surface area (Å²) in [6.07, 6.45) is 9.65. The summed E-state index contributed by atoms with van der Waals surface area (Å²) < 4.78 is 13.3. The van der Waals surface area contributed by atoms with E-state index in [2.05, 4.69) is 25.6 Å². The third-order valence-electron chi connectivity index (χ3n) is 5.04. The lowest BCUT2D eigenvalue weighted by molar-refractivity contribution is 0.462. The number of pyridine rings is 1. The molecule has 28 heavy (non-hydrogen) atoms. The van der Waals surface area contributed by atoms with Crippen molar-refractivity contribution in [1.29, 1.82) is 0 Å². The van der Waals surface area contributed by atoms with Gasteiger partial charge in [0.05, 0.1) is 5.69 Å². The molecule has 1 aliphatic carbocycles. The van der Waals surface area contributed by atoms with Crippen LogP contribution in [0.5, 0.6) is 0 Å². The van der Waals surface area contributed by atoms with Crippen molar-refractivity contribution in [2.45, 2.75) is 44.7 Å². The van der Waals surface area contributed by atoms with Crippen LogP contribution in [0.2, 0.25) is 0 Å². The lowest BCUT2D eigenvalue weighted by Crippen LogP contribution is -2.22. The van der Waals surface area contributed by atoms with Crippen LogP contribution in [0.25, 0.3) is 11.3 Å². The minimum Gasteiger partial charge on any atom is -0.367 e. The van der Waals surface area contributed by atoms with Crippen molar-refractivity contribution in [3.05, 3.63) is 66.4 Å². The van der Waals surface area contributed by atoms with Gasteiger partial charge in [-0.2, -0.15) is 0 Å². The molecule has 5 nitrogen and oxygen atoms in total. The van der Waals surface area contributed by atoms with Crippen LogP contribution in [0.15, 0.2) is 55.0 Å². The van der Waals surface area contributed by atoms with E-state index < -0.39 is 0 Å². The number of hydrogen-bond acceptors (Lipinski definition) is 5. The molecule has 6 heteroatoms. The molecule has 0 spiro atoms. The Labute approximate surface area is 164 Å². The maximum atomic E-state index is 13.3. The molecule has 1 aromatic carbocycles. The number of anilines is 2. The van der Waals surface area contributed by atoms with Crippen molar-refractivity contribution >= 4 is 11.6 Å². The fraction of sp³-hybridized carbons (Fsp3) is 0.318. The second-order valence-corrected chi connectivity index (χ2v) is 7.18. The van der Waals surface area contributed by atoms with E-state index in [1.165, 1.54) is 50.6 Å². The Bertz CT molecular complexity index is 924. The average Bonchev–Trinajstić information content (AvgIpc) is 2.74. The number of aromatic nitrogens is 3. The van der Waals surface area contributed by atoms with Gasteiger partial charge in [-0.25, -0.2) is 19.3 Å². The molecule has 2 aromatic heterocycles. The van der Waals surface area contributed by atoms with Gasteiger partial charge in [0, 0.05) is 30.4 Å². The molecular weight excluding hydrogens is 353 g/mol. The van der Waals surface area contributed by atoms with Gasteiger partial charge in [-0.3, -0.25) is 0 Å². The monoisotopic (exact) mass is 377 g/mol. The molecule has 1 aliphatic rings. The molecule has 0 radical (unpaired) electrons. The molecule has 0 unspecified atom stereocenters. The van der Waals surface area contributed by atoms with E-state index in [-0.39, 0.29) is 5.82 Å². The van der Waals surface area contributed by atoms with Crippen molar-refractivity contribution in [2.24, 2.45) is 0 Å². The van der Waals surface area contributed by atoms with E-state index in [1.807, 2.05) is 30.5 Å². The first kappa shape index (κ1) is 18.3. The van der Waals surface area contributed by atoms with E-state index in [0.29, 0.717) is 18.4 Å². The van der Waals surface area contributed by atoms with Gasteiger partial charge in [0.15, 0.2) is 0 Å². The summed E-state index contributed by atoms with van der Waals surface area (Å²) >= 11 is 0. The molecule has 0 saturated heterocycles. The fourth-order valence-corrected chi connectivity index (χ4v) is 3.58. The predicted octanol–water partition coefficient (Wildman–Crippen LogP) is 5.03. The SMILES string of the molecule is Fc1cccc(CNc2cc(-c3ccnc(NC4CCCCC4)c3)ncn2)c1. The summed E-state index contributed by atoms with van der Waals surface area (Å²) in [7, 11) is 0. The Balaban J connectivity index is 1.45. The van der Waals surface area contributed by atoms with Crippen LogP contribution in [0.4, 0.5) is 16.0 Å². The van der Waals surface area contributed by atoms with Crippen molar-refractivity contribution in [3.8, 4) is 11.3 Å². The van der Waals surface area contributed by atoms with Crippen LogP contribution in [0.3, 0.4) is 0 Å². The molecule has 2 N–H and O–H groups in total. The standard InChI is InChI=1S/C22H24FN5/c23-18-6-4-5-16(11-18)14-25-21-13-20(26-15-27-21)17-9-10-24-22(12-17)28-19-7-2-1-3-8-19/h4-6,9-13,15,19H,1-3,7-8,14H2,(H,24,28)(H,25,26,27). The summed E-state index contributed by atoms with van der Waals surface area (Å²) in [5.41, 5.74) is 2.68. The van der Waals surface area contributed by atoms with Crippen molar-refractivity contribution in [1.82, 2.24) is 15.0 Å². The van der Waals surface area contributed by atoms with Crippen LogP contribution < -0.4 is 10.6 Å². The number of hydrogen-bond donors (Lipinski definition) is 2. The van der Waals surface area contributed by atoms with Crippen LogP contribution >= 0.6 is 0 Å². The Kier molecular flexibility index (Phi) is 5.75. The molecule has 0 aliphatic heterocycles. The number of nitrogens with zero attached hydrogens (tertiary/aromatic N) is 3. The minimum atomic E-state index is -0.238. The largest absolute Gasteiger partial charge is 0.367 e. The molecule has 0 amide bonds. The van der Waals surface area contributed by atoms with Gasteiger partial charge in [-0.15, -0.1) is 0 Å². The highest BCUT2D eigenvalue weighted by Gasteiger charge is 2.14. The second kappa shape index (κ2) is 8.78. The molecule has 0 bridgehead atoms. The van der Waals surface area contributed by atoms with Gasteiger partial charge in [0.2, 0.25) is 0 Å². The smallest absolute Gasteiger partial charge is 0.130 e. The van der Waals surface area contributed by atoms with E-state index in [4.69, 9.17) is 0 Å². The number of rotatable bonds is 6. The lowest BCUT2D eigenvalue weighted by atomic mass is 9.95. The van der Waals surface area contributed by atoms with Crippen molar-refractivity contribution in [3.63, 3.8) is 0 Å². The summed E-state index contributed by atoms with van der Waals surface area (Å²) in [5, 5.41) is 6.78. The van der Waals surface area contributed by atoms with Crippen molar-refractivity contribution in [2.75, 3.05) is 10.6 Å². The number of nitrogens with one attached hydrogen (secondary N) is 2. The zero-order valence-electron chi connectivity index (χ0n) is 15.7. The van der Waals surface area contributed by atoms with Crippen LogP contribution in [-0.4, -0.2) is 21.0 Å². The third kappa shape index (κ3) is 4.82. The Hall–Kier alpha value is -3.02. The van der Waals surface area contributed by atoms with E-state index in [1.54, 1.807) is 6.07 Å². The molecular formula is C22H24FN5. The van der Waals surface area contributed by atoms with Gasteiger partial charge >= 0.3 is 0 Å². The summed E-state index contributed by atoms with van der Waals surface area (Å²) in [4.78, 5) is 13.1. The highest BCUT2D eigenvalue weighted by Crippen LogP contribution is 2.24. The molecule has 4 rings (SSSR count). The van der Waals surface area contributed by atoms with Crippen molar-refractivity contribution < 1.29 is 4.39 Å². The van der Waals surface area contributed by atoms with Crippen LogP contribution in [0.1, 0.15) is 37.7 Å². The van der Waals surface area contributed by atoms with Gasteiger partial charge in [-0.1, -0.05) is 31.4 Å². The van der Waals surface area contributed by atoms with Gasteiger partial charge in [0.25, 0.3) is 0 Å². The first-order valence-electron chi connectivity index (χ1n) is 9.79. The molecule has 1 saturated carbocycles. The maximum Gasteiger partial charge on any atom is 0.130 e. The van der Waals surface area contributed by atoms with Crippen LogP contribution in [0, 0.1) is 5.82 Å². The summed E-state index contributed by atoms with van der Waals surface area (Å²) in [6.45, 7) is 0.499. The second-order valence-electron chi connectivity index (χ2n) is 7.18. The quantitative estimate of drug-likeness (QED) is 0.630. The zero-order valence-corrected chi connectivity index (χ0v) is 15.7. The predicted molar refractivity (Wildman–Crippen MR) is 109 cm³/mol. The average molecular weight is 377 g/mol. The Morgan fingerprint density at radius 2 is 1.82 bits per heavy atom. The zero-order chi connectivity index (χ0) is 19.2. The first-order valence-corrected chi connectivity index (χ1v) is 9.79. The third-order valence-corrected chi connectivity index (χ3v) is 5.04. The molecule has 1 fully saturated rings. The van der Waals surface area contributed by atoms with Crippen LogP contribution in [-0.2, 0) is 6.54 Å². The lowest BCUT2D eigenvalue weighted by Gasteiger charge is -2.23. The number of halogens is 1. The highest BCUT2D eigenvalue weighted by atomic mass is 19.1. The highest BCUT2D eigenvalue weighted by molar-refractivity contribution is 5.65. The molecule has 0 atom stereocenters. The Morgan fingerprint density at radius 1 is 0.929 bits per heavy atom. The minimum absolute atomic E-state index is 0.238. The normalized spacial score (nSPS) is 14.6. The first-order chi connectivity index (χ1) is 13.8. The van der Waals surface area contributed by atoms with Gasteiger partial charge in [-0.05, 0) is 42.7 Å². The van der Waals surface area contributed by atoms with E-state index >= 15 is 0 Å². The molecule has 144 valence electrons. The summed E-state index contributed by atoms with van der Waals surface area (Å²) in [6, 6.07) is 12.9. The number of benzene rings is 1. The molecule has 2 heterocycles. The molecule has 3 aromatic rings. The van der Waals surface area contributed by atoms with E-state index in [0.717, 1.165) is 22.6 Å². The fourth-order valence-electron chi connectivity index (χ4n) is 3.58. The maximum absolute atomic E-state index is 13.3. The topological polar surface area (TPSA) is 62.7 Å². The van der Waals surface area contributed by atoms with Gasteiger partial charge in [0.1, 0.15) is 23.8 Å². The van der Waals surface area contributed by atoms with Gasteiger partial charge < -0.3 is 10.6 Å². The Morgan fingerprint density at radius 3 is 2.68 bits per heavy atom. The summed E-state index contributed by atoms with van der Waals surface area (Å²) in [5.74, 6) is 1.35. The van der Waals surface area contributed by atoms with E-state index in [9.17, 15) is 4.39 Å².